The van der Waals surface area contributed by atoms with E-state index < -0.39 is 0 Å². The van der Waals surface area contributed by atoms with Crippen LogP contribution in [-0.4, -0.2) is 35.9 Å². The summed E-state index contributed by atoms with van der Waals surface area (Å²) in [5, 5.41) is 11.3. The van der Waals surface area contributed by atoms with Gasteiger partial charge >= 0.3 is 0 Å². The molecule has 0 aliphatic rings. The SMILES string of the molecule is CN=C(NCCCOCc1ccco1)NCc1ccccc1-n1nc(C)cc1C.I. The third kappa shape index (κ3) is 6.88. The lowest BCUT2D eigenvalue weighted by Gasteiger charge is -2.15. The van der Waals surface area contributed by atoms with Crippen LogP contribution in [0, 0.1) is 13.8 Å². The molecule has 0 aliphatic carbocycles. The molecule has 0 radical (unpaired) electrons. The van der Waals surface area contributed by atoms with Crippen molar-refractivity contribution in [2.45, 2.75) is 33.4 Å². The summed E-state index contributed by atoms with van der Waals surface area (Å²) < 4.78 is 12.8. The summed E-state index contributed by atoms with van der Waals surface area (Å²) in [4.78, 5) is 4.30. The Morgan fingerprint density at radius 3 is 2.70 bits per heavy atom. The molecule has 0 saturated heterocycles. The minimum absolute atomic E-state index is 0. The number of aromatic nitrogens is 2. The van der Waals surface area contributed by atoms with Crippen molar-refractivity contribution in [1.29, 1.82) is 0 Å². The van der Waals surface area contributed by atoms with Crippen molar-refractivity contribution >= 4 is 29.9 Å². The van der Waals surface area contributed by atoms with Gasteiger partial charge in [-0.25, -0.2) is 4.68 Å². The predicted molar refractivity (Wildman–Crippen MR) is 130 cm³/mol. The fraction of sp³-hybridized carbons (Fsp3) is 0.364. The average Bonchev–Trinajstić information content (AvgIpc) is 3.36. The van der Waals surface area contributed by atoms with Crippen molar-refractivity contribution in [3.05, 3.63) is 71.4 Å². The number of aliphatic imine (C=N–C) groups is 1. The molecule has 2 heterocycles. The minimum Gasteiger partial charge on any atom is -0.467 e. The molecule has 0 aliphatic heterocycles. The lowest BCUT2D eigenvalue weighted by atomic mass is 10.1. The van der Waals surface area contributed by atoms with Crippen LogP contribution in [0.25, 0.3) is 5.69 Å². The van der Waals surface area contributed by atoms with E-state index >= 15 is 0 Å². The number of guanidine groups is 1. The molecule has 0 amide bonds. The Bertz CT molecular complexity index is 922. The average molecular weight is 523 g/mol. The smallest absolute Gasteiger partial charge is 0.191 e. The number of nitrogens with one attached hydrogen (secondary N) is 2. The largest absolute Gasteiger partial charge is 0.467 e. The van der Waals surface area contributed by atoms with Gasteiger partial charge in [0.2, 0.25) is 0 Å². The van der Waals surface area contributed by atoms with E-state index in [-0.39, 0.29) is 24.0 Å². The maximum Gasteiger partial charge on any atom is 0.191 e. The molecule has 0 atom stereocenters. The van der Waals surface area contributed by atoms with E-state index in [9.17, 15) is 0 Å². The van der Waals surface area contributed by atoms with Crippen LogP contribution < -0.4 is 10.6 Å². The van der Waals surface area contributed by atoms with Crippen LogP contribution in [0.4, 0.5) is 0 Å². The maximum absolute atomic E-state index is 5.60. The Morgan fingerprint density at radius 2 is 2.00 bits per heavy atom. The number of para-hydroxylation sites is 1. The zero-order valence-electron chi connectivity index (χ0n) is 17.7. The van der Waals surface area contributed by atoms with E-state index in [1.54, 1.807) is 13.3 Å². The van der Waals surface area contributed by atoms with Gasteiger partial charge in [-0.2, -0.15) is 5.10 Å². The summed E-state index contributed by atoms with van der Waals surface area (Å²) >= 11 is 0. The highest BCUT2D eigenvalue weighted by Crippen LogP contribution is 2.16. The summed E-state index contributed by atoms with van der Waals surface area (Å²) in [7, 11) is 1.77. The molecule has 0 saturated carbocycles. The first-order valence-corrected chi connectivity index (χ1v) is 9.83. The lowest BCUT2D eigenvalue weighted by molar-refractivity contribution is 0.105. The summed E-state index contributed by atoms with van der Waals surface area (Å²) in [6.07, 6.45) is 2.53. The van der Waals surface area contributed by atoms with Gasteiger partial charge in [-0.3, -0.25) is 4.99 Å². The monoisotopic (exact) mass is 523 g/mol. The zero-order valence-corrected chi connectivity index (χ0v) is 20.1. The van der Waals surface area contributed by atoms with E-state index in [1.807, 2.05) is 35.9 Å². The number of hydrogen-bond acceptors (Lipinski definition) is 4. The normalized spacial score (nSPS) is 11.2. The number of hydrogen-bond donors (Lipinski definition) is 2. The first-order valence-electron chi connectivity index (χ1n) is 9.83. The summed E-state index contributed by atoms with van der Waals surface area (Å²) in [6.45, 7) is 6.67. The molecular weight excluding hydrogens is 493 g/mol. The number of aryl methyl sites for hydroxylation is 2. The van der Waals surface area contributed by atoms with E-state index in [2.05, 4.69) is 45.8 Å². The standard InChI is InChI=1S/C22H29N5O2.HI/c1-17-14-18(2)27(26-17)21-10-5-4-8-19(21)15-25-22(23-3)24-11-7-12-28-16-20-9-6-13-29-20;/h4-6,8-10,13-14H,7,11-12,15-16H2,1-3H3,(H2,23,24,25);1H. The Morgan fingerprint density at radius 1 is 1.17 bits per heavy atom. The highest BCUT2D eigenvalue weighted by Gasteiger charge is 2.09. The molecule has 0 fully saturated rings. The third-order valence-corrected chi connectivity index (χ3v) is 4.48. The number of furan rings is 1. The first kappa shape index (κ1) is 23.9. The van der Waals surface area contributed by atoms with Gasteiger partial charge in [-0.1, -0.05) is 18.2 Å². The van der Waals surface area contributed by atoms with Crippen molar-refractivity contribution in [3.63, 3.8) is 0 Å². The minimum atomic E-state index is 0. The third-order valence-electron chi connectivity index (χ3n) is 4.48. The predicted octanol–water partition coefficient (Wildman–Crippen LogP) is 3.97. The molecule has 1 aromatic carbocycles. The number of nitrogens with zero attached hydrogens (tertiary/aromatic N) is 3. The van der Waals surface area contributed by atoms with Crippen molar-refractivity contribution in [1.82, 2.24) is 20.4 Å². The number of rotatable bonds is 9. The molecular formula is C22H30IN5O2. The van der Waals surface area contributed by atoms with Gasteiger partial charge in [0, 0.05) is 32.4 Å². The van der Waals surface area contributed by atoms with Crippen LogP contribution in [0.1, 0.15) is 29.1 Å². The second-order valence-electron chi connectivity index (χ2n) is 6.81. The molecule has 0 spiro atoms. The van der Waals surface area contributed by atoms with E-state index in [0.717, 1.165) is 47.3 Å². The Kier molecular flexibility index (Phi) is 9.88. The van der Waals surface area contributed by atoms with Gasteiger partial charge < -0.3 is 19.8 Å². The maximum atomic E-state index is 5.60. The summed E-state index contributed by atoms with van der Waals surface area (Å²) in [6, 6.07) is 14.1. The van der Waals surface area contributed by atoms with Crippen LogP contribution in [0.15, 0.2) is 58.1 Å². The quantitative estimate of drug-likeness (QED) is 0.192. The molecule has 3 rings (SSSR count). The zero-order chi connectivity index (χ0) is 20.5. The van der Waals surface area contributed by atoms with Gasteiger partial charge in [0.05, 0.1) is 17.6 Å². The van der Waals surface area contributed by atoms with E-state index in [4.69, 9.17) is 9.15 Å². The van der Waals surface area contributed by atoms with Crippen LogP contribution in [0.5, 0.6) is 0 Å². The lowest BCUT2D eigenvalue weighted by Crippen LogP contribution is -2.37. The van der Waals surface area contributed by atoms with Crippen molar-refractivity contribution in [2.24, 2.45) is 4.99 Å². The molecule has 3 aromatic rings. The topological polar surface area (TPSA) is 76.6 Å². The van der Waals surface area contributed by atoms with Crippen molar-refractivity contribution in [2.75, 3.05) is 20.2 Å². The molecule has 2 aromatic heterocycles. The Hall–Kier alpha value is -2.33. The van der Waals surface area contributed by atoms with Crippen molar-refractivity contribution in [3.8, 4) is 5.69 Å². The molecule has 2 N–H and O–H groups in total. The van der Waals surface area contributed by atoms with Gasteiger partial charge in [0.1, 0.15) is 12.4 Å². The van der Waals surface area contributed by atoms with E-state index in [1.165, 1.54) is 0 Å². The highest BCUT2D eigenvalue weighted by molar-refractivity contribution is 14.0. The van der Waals surface area contributed by atoms with Crippen LogP contribution in [-0.2, 0) is 17.9 Å². The molecule has 162 valence electrons. The number of benzene rings is 1. The first-order chi connectivity index (χ1) is 14.2. The van der Waals surface area contributed by atoms with E-state index in [0.29, 0.717) is 19.8 Å². The summed E-state index contributed by atoms with van der Waals surface area (Å²) in [5.41, 5.74) is 4.36. The fourth-order valence-corrected chi connectivity index (χ4v) is 3.09. The number of ether oxygens (including phenoxy) is 1. The van der Waals surface area contributed by atoms with Gasteiger partial charge in [-0.05, 0) is 50.1 Å². The second kappa shape index (κ2) is 12.4. The van der Waals surface area contributed by atoms with Crippen LogP contribution in [0.2, 0.25) is 0 Å². The van der Waals surface area contributed by atoms with Crippen LogP contribution in [0.3, 0.4) is 0 Å². The van der Waals surface area contributed by atoms with Gasteiger partial charge in [0.25, 0.3) is 0 Å². The second-order valence-corrected chi connectivity index (χ2v) is 6.81. The van der Waals surface area contributed by atoms with Gasteiger partial charge in [0.15, 0.2) is 5.96 Å². The molecule has 30 heavy (non-hydrogen) atoms. The fourth-order valence-electron chi connectivity index (χ4n) is 3.09. The highest BCUT2D eigenvalue weighted by atomic mass is 127. The van der Waals surface area contributed by atoms with Crippen molar-refractivity contribution < 1.29 is 9.15 Å². The Balaban J connectivity index is 0.00000320. The summed E-state index contributed by atoms with van der Waals surface area (Å²) in [5.74, 6) is 1.61. The van der Waals surface area contributed by atoms with Crippen LogP contribution >= 0.6 is 24.0 Å². The molecule has 7 nitrogen and oxygen atoms in total. The molecule has 0 unspecified atom stereocenters. The van der Waals surface area contributed by atoms with Gasteiger partial charge in [-0.15, -0.1) is 24.0 Å². The molecule has 0 bridgehead atoms. The molecule has 8 heteroatoms. The number of halogens is 1. The Labute approximate surface area is 194 Å².